The lowest BCUT2D eigenvalue weighted by Gasteiger charge is -2.07. The van der Waals surface area contributed by atoms with E-state index in [1.807, 2.05) is 49.4 Å². The predicted molar refractivity (Wildman–Crippen MR) is 91.5 cm³/mol. The normalized spacial score (nSPS) is 10.8. The Balaban J connectivity index is 1.69. The summed E-state index contributed by atoms with van der Waals surface area (Å²) in [6.45, 7) is 3.92. The molecule has 0 atom stereocenters. The lowest BCUT2D eigenvalue weighted by atomic mass is 10.1. The maximum absolute atomic E-state index is 12.0. The minimum atomic E-state index is -0.134. The summed E-state index contributed by atoms with van der Waals surface area (Å²) in [5.74, 6) is 0.479. The highest BCUT2D eigenvalue weighted by Crippen LogP contribution is 2.10. The predicted octanol–water partition coefficient (Wildman–Crippen LogP) is 3.07. The van der Waals surface area contributed by atoms with Crippen LogP contribution in [0, 0.1) is 0 Å². The van der Waals surface area contributed by atoms with Crippen molar-refractivity contribution in [3.63, 3.8) is 0 Å². The Labute approximate surface area is 134 Å². The van der Waals surface area contributed by atoms with Crippen molar-refractivity contribution in [2.45, 2.75) is 20.1 Å². The summed E-state index contributed by atoms with van der Waals surface area (Å²) in [6.07, 6.45) is 0. The van der Waals surface area contributed by atoms with Gasteiger partial charge in [-0.3, -0.25) is 9.78 Å². The molecule has 0 unspecified atom stereocenters. The number of hydrogen-bond donors (Lipinski definition) is 2. The molecule has 118 valence electrons. The summed E-state index contributed by atoms with van der Waals surface area (Å²) in [4.78, 5) is 19.2. The number of benzene rings is 2. The highest BCUT2D eigenvalue weighted by Gasteiger charge is 2.03. The van der Waals surface area contributed by atoms with E-state index in [2.05, 4.69) is 15.3 Å². The van der Waals surface area contributed by atoms with E-state index in [1.54, 1.807) is 6.07 Å². The third-order valence-electron chi connectivity index (χ3n) is 3.57. The number of hydrogen-bond acceptors (Lipinski definition) is 4. The molecule has 0 bridgehead atoms. The first-order chi connectivity index (χ1) is 11.3. The fraction of sp³-hybridized carbons (Fsp3) is 0.222. The van der Waals surface area contributed by atoms with Gasteiger partial charge >= 0.3 is 0 Å². The van der Waals surface area contributed by atoms with Gasteiger partial charge in [0.1, 0.15) is 0 Å². The van der Waals surface area contributed by atoms with Crippen molar-refractivity contribution < 1.29 is 4.74 Å². The van der Waals surface area contributed by atoms with E-state index < -0.39 is 0 Å². The zero-order chi connectivity index (χ0) is 16.1. The Morgan fingerprint density at radius 2 is 1.83 bits per heavy atom. The molecule has 0 saturated carbocycles. The van der Waals surface area contributed by atoms with Gasteiger partial charge in [-0.1, -0.05) is 36.4 Å². The molecule has 0 radical (unpaired) electrons. The third kappa shape index (κ3) is 3.76. The van der Waals surface area contributed by atoms with E-state index in [4.69, 9.17) is 4.74 Å². The summed E-state index contributed by atoms with van der Waals surface area (Å²) in [5.41, 5.74) is 2.81. The van der Waals surface area contributed by atoms with Gasteiger partial charge in [0.2, 0.25) is 5.95 Å². The van der Waals surface area contributed by atoms with Gasteiger partial charge in [0.25, 0.3) is 5.56 Å². The van der Waals surface area contributed by atoms with Gasteiger partial charge in [-0.25, -0.2) is 4.98 Å². The molecular weight excluding hydrogens is 290 g/mol. The summed E-state index contributed by atoms with van der Waals surface area (Å²) < 4.78 is 5.38. The fourth-order valence-corrected chi connectivity index (χ4v) is 2.33. The fourth-order valence-electron chi connectivity index (χ4n) is 2.33. The van der Waals surface area contributed by atoms with Crippen LogP contribution >= 0.6 is 0 Å². The van der Waals surface area contributed by atoms with E-state index in [9.17, 15) is 4.79 Å². The van der Waals surface area contributed by atoms with Gasteiger partial charge in [0.15, 0.2) is 0 Å². The third-order valence-corrected chi connectivity index (χ3v) is 3.57. The molecule has 3 rings (SSSR count). The summed E-state index contributed by atoms with van der Waals surface area (Å²) in [7, 11) is 0. The molecule has 3 aromatic rings. The largest absolute Gasteiger partial charge is 0.377 e. The first-order valence-electron chi connectivity index (χ1n) is 7.65. The highest BCUT2D eigenvalue weighted by atomic mass is 16.5. The quantitative estimate of drug-likeness (QED) is 0.734. The number of ether oxygens (including phenoxy) is 1. The highest BCUT2D eigenvalue weighted by molar-refractivity contribution is 5.78. The van der Waals surface area contributed by atoms with Gasteiger partial charge < -0.3 is 10.1 Å². The number of rotatable bonds is 6. The summed E-state index contributed by atoms with van der Waals surface area (Å²) in [6, 6.07) is 15.5. The number of anilines is 1. The number of H-pyrrole nitrogens is 1. The molecule has 0 aliphatic heterocycles. The van der Waals surface area contributed by atoms with Gasteiger partial charge in [-0.2, -0.15) is 0 Å². The van der Waals surface area contributed by atoms with Crippen LogP contribution in [0.2, 0.25) is 0 Å². The van der Waals surface area contributed by atoms with Crippen LogP contribution in [-0.4, -0.2) is 16.6 Å². The second-order valence-electron chi connectivity index (χ2n) is 5.24. The maximum Gasteiger partial charge on any atom is 0.260 e. The number of nitrogens with one attached hydrogen (secondary N) is 2. The Hall–Kier alpha value is -2.66. The van der Waals surface area contributed by atoms with Gasteiger partial charge in [-0.05, 0) is 30.2 Å². The lowest BCUT2D eigenvalue weighted by Crippen LogP contribution is -2.13. The van der Waals surface area contributed by atoms with E-state index in [0.717, 1.165) is 11.1 Å². The van der Waals surface area contributed by atoms with E-state index in [0.29, 0.717) is 36.6 Å². The molecule has 2 N–H and O–H groups in total. The molecule has 1 heterocycles. The number of para-hydroxylation sites is 1. The van der Waals surface area contributed by atoms with Crippen molar-refractivity contribution in [3.05, 3.63) is 70.0 Å². The number of fused-ring (bicyclic) bond motifs is 1. The average molecular weight is 309 g/mol. The first-order valence-corrected chi connectivity index (χ1v) is 7.65. The molecule has 1 aromatic heterocycles. The van der Waals surface area contributed by atoms with E-state index in [-0.39, 0.29) is 5.56 Å². The maximum atomic E-state index is 12.0. The van der Waals surface area contributed by atoms with E-state index >= 15 is 0 Å². The molecule has 0 amide bonds. The standard InChI is InChI=1S/C18H19N3O2/c1-2-23-12-14-9-7-13(8-10-14)11-19-18-20-16-6-4-3-5-15(16)17(22)21-18/h3-10H,2,11-12H2,1H3,(H2,19,20,21,22). The molecule has 0 aliphatic rings. The number of nitrogens with zero attached hydrogens (tertiary/aromatic N) is 1. The second kappa shape index (κ2) is 7.07. The van der Waals surface area contributed by atoms with Crippen LogP contribution in [0.1, 0.15) is 18.1 Å². The minimum Gasteiger partial charge on any atom is -0.377 e. The van der Waals surface area contributed by atoms with Crippen molar-refractivity contribution in [2.24, 2.45) is 0 Å². The zero-order valence-corrected chi connectivity index (χ0v) is 13.0. The average Bonchev–Trinajstić information content (AvgIpc) is 2.59. The molecule has 5 heteroatoms. The van der Waals surface area contributed by atoms with Crippen LogP contribution in [0.15, 0.2) is 53.3 Å². The van der Waals surface area contributed by atoms with Gasteiger partial charge in [0.05, 0.1) is 17.5 Å². The number of aromatic nitrogens is 2. The molecule has 5 nitrogen and oxygen atoms in total. The Kier molecular flexibility index (Phi) is 4.68. The van der Waals surface area contributed by atoms with E-state index in [1.165, 1.54) is 0 Å². The van der Waals surface area contributed by atoms with Crippen LogP contribution in [-0.2, 0) is 17.9 Å². The second-order valence-corrected chi connectivity index (χ2v) is 5.24. The van der Waals surface area contributed by atoms with Crippen molar-refractivity contribution in [1.82, 2.24) is 9.97 Å². The smallest absolute Gasteiger partial charge is 0.260 e. The molecule has 23 heavy (non-hydrogen) atoms. The van der Waals surface area contributed by atoms with Gasteiger partial charge in [0, 0.05) is 13.2 Å². The topological polar surface area (TPSA) is 67.0 Å². The molecule has 2 aromatic carbocycles. The molecule has 0 fully saturated rings. The zero-order valence-electron chi connectivity index (χ0n) is 13.0. The molecule has 0 aliphatic carbocycles. The van der Waals surface area contributed by atoms with Crippen LogP contribution in [0.4, 0.5) is 5.95 Å². The number of aromatic amines is 1. The minimum absolute atomic E-state index is 0.134. The van der Waals surface area contributed by atoms with Crippen LogP contribution in [0.5, 0.6) is 0 Å². The Bertz CT molecular complexity index is 841. The van der Waals surface area contributed by atoms with Gasteiger partial charge in [-0.15, -0.1) is 0 Å². The first kappa shape index (κ1) is 15.2. The van der Waals surface area contributed by atoms with Crippen molar-refractivity contribution in [3.8, 4) is 0 Å². The molecular formula is C18H19N3O2. The van der Waals surface area contributed by atoms with Crippen molar-refractivity contribution >= 4 is 16.9 Å². The molecule has 0 spiro atoms. The Morgan fingerprint density at radius 1 is 1.09 bits per heavy atom. The van der Waals surface area contributed by atoms with Crippen molar-refractivity contribution in [2.75, 3.05) is 11.9 Å². The monoisotopic (exact) mass is 309 g/mol. The Morgan fingerprint density at radius 3 is 2.61 bits per heavy atom. The van der Waals surface area contributed by atoms with Crippen LogP contribution in [0.3, 0.4) is 0 Å². The van der Waals surface area contributed by atoms with Crippen LogP contribution < -0.4 is 10.9 Å². The SMILES string of the molecule is CCOCc1ccc(CNc2nc3ccccc3c(=O)[nH]2)cc1. The van der Waals surface area contributed by atoms with Crippen molar-refractivity contribution in [1.29, 1.82) is 0 Å². The molecule has 0 saturated heterocycles. The lowest BCUT2D eigenvalue weighted by molar-refractivity contribution is 0.134. The van der Waals surface area contributed by atoms with Crippen LogP contribution in [0.25, 0.3) is 10.9 Å². The summed E-state index contributed by atoms with van der Waals surface area (Å²) in [5, 5.41) is 3.75. The summed E-state index contributed by atoms with van der Waals surface area (Å²) >= 11 is 0.